The van der Waals surface area contributed by atoms with Crippen LogP contribution in [0.3, 0.4) is 0 Å². The standard InChI is InChI=1S/C18H24N2O5S/c1-19-16(21)11-15(17(22)23)18(19)7-9-20(10-8-18)12-13-3-5-14(6-4-13)26(2,24)25/h3-6,15H,7-12H2,1-2H3,(H,22,23)/t15-/m0/s1. The van der Waals surface area contributed by atoms with Crippen molar-refractivity contribution in [1.29, 1.82) is 0 Å². The van der Waals surface area contributed by atoms with E-state index in [9.17, 15) is 23.1 Å². The summed E-state index contributed by atoms with van der Waals surface area (Å²) >= 11 is 0. The molecule has 142 valence electrons. The Balaban J connectivity index is 1.67. The number of hydrogen-bond donors (Lipinski definition) is 1. The second kappa shape index (κ2) is 6.66. The molecule has 7 nitrogen and oxygen atoms in total. The highest BCUT2D eigenvalue weighted by atomic mass is 32.2. The highest BCUT2D eigenvalue weighted by molar-refractivity contribution is 7.90. The zero-order valence-electron chi connectivity index (χ0n) is 15.0. The quantitative estimate of drug-likeness (QED) is 0.837. The molecule has 1 atom stereocenters. The van der Waals surface area contributed by atoms with Crippen LogP contribution < -0.4 is 0 Å². The minimum atomic E-state index is -3.20. The average Bonchev–Trinajstić information content (AvgIpc) is 2.82. The third-order valence-electron chi connectivity index (χ3n) is 5.85. The smallest absolute Gasteiger partial charge is 0.309 e. The summed E-state index contributed by atoms with van der Waals surface area (Å²) in [6.45, 7) is 2.08. The van der Waals surface area contributed by atoms with E-state index < -0.39 is 27.3 Å². The van der Waals surface area contributed by atoms with E-state index in [1.54, 1.807) is 24.1 Å². The number of aliphatic carboxylic acids is 1. The molecule has 1 N–H and O–H groups in total. The van der Waals surface area contributed by atoms with E-state index in [2.05, 4.69) is 4.90 Å². The average molecular weight is 380 g/mol. The van der Waals surface area contributed by atoms with Gasteiger partial charge in [-0.3, -0.25) is 14.5 Å². The number of carboxylic acid groups (broad SMARTS) is 1. The normalized spacial score (nSPS) is 23.5. The van der Waals surface area contributed by atoms with Gasteiger partial charge in [-0.2, -0.15) is 0 Å². The predicted octanol–water partition coefficient (Wildman–Crippen LogP) is 0.988. The molecule has 0 aliphatic carbocycles. The number of carbonyl (C=O) groups excluding carboxylic acids is 1. The number of rotatable bonds is 4. The first kappa shape index (κ1) is 18.8. The van der Waals surface area contributed by atoms with Gasteiger partial charge in [0.2, 0.25) is 5.91 Å². The maximum Gasteiger partial charge on any atom is 0.309 e. The van der Waals surface area contributed by atoms with Crippen LogP contribution in [0, 0.1) is 5.92 Å². The van der Waals surface area contributed by atoms with Crippen molar-refractivity contribution in [2.45, 2.75) is 36.2 Å². The van der Waals surface area contributed by atoms with E-state index in [4.69, 9.17) is 0 Å². The topological polar surface area (TPSA) is 95.0 Å². The molecule has 0 bridgehead atoms. The second-order valence-corrected chi connectivity index (χ2v) is 9.36. The fraction of sp³-hybridized carbons (Fsp3) is 0.556. The zero-order valence-corrected chi connectivity index (χ0v) is 15.8. The van der Waals surface area contributed by atoms with Gasteiger partial charge in [0.1, 0.15) is 0 Å². The molecule has 0 unspecified atom stereocenters. The van der Waals surface area contributed by atoms with E-state index in [1.807, 2.05) is 12.1 Å². The summed E-state index contributed by atoms with van der Waals surface area (Å²) in [5.74, 6) is -1.63. The molecule has 0 radical (unpaired) electrons. The number of likely N-dealkylation sites (tertiary alicyclic amines) is 2. The molecule has 2 aliphatic rings. The number of sulfone groups is 1. The molecule has 26 heavy (non-hydrogen) atoms. The molecule has 0 aromatic heterocycles. The van der Waals surface area contributed by atoms with Crippen LogP contribution in [0.15, 0.2) is 29.2 Å². The van der Waals surface area contributed by atoms with Crippen molar-refractivity contribution in [3.05, 3.63) is 29.8 Å². The van der Waals surface area contributed by atoms with Crippen LogP contribution in [0.2, 0.25) is 0 Å². The largest absolute Gasteiger partial charge is 0.481 e. The van der Waals surface area contributed by atoms with Gasteiger partial charge in [0, 0.05) is 39.4 Å². The lowest BCUT2D eigenvalue weighted by atomic mass is 9.77. The fourth-order valence-electron chi connectivity index (χ4n) is 4.18. The van der Waals surface area contributed by atoms with E-state index in [0.717, 1.165) is 5.56 Å². The van der Waals surface area contributed by atoms with Crippen molar-refractivity contribution in [3.8, 4) is 0 Å². The van der Waals surface area contributed by atoms with Gasteiger partial charge in [-0.15, -0.1) is 0 Å². The van der Waals surface area contributed by atoms with Gasteiger partial charge in [0.15, 0.2) is 9.84 Å². The lowest BCUT2D eigenvalue weighted by Gasteiger charge is -2.45. The summed E-state index contributed by atoms with van der Waals surface area (Å²) < 4.78 is 23.1. The summed E-state index contributed by atoms with van der Waals surface area (Å²) in [6.07, 6.45) is 2.53. The molecule has 1 aromatic carbocycles. The number of carbonyl (C=O) groups is 2. The van der Waals surface area contributed by atoms with E-state index in [-0.39, 0.29) is 12.3 Å². The molecule has 2 aliphatic heterocycles. The maximum atomic E-state index is 12.0. The maximum absolute atomic E-state index is 12.0. The van der Waals surface area contributed by atoms with Gasteiger partial charge in [0.25, 0.3) is 0 Å². The molecule has 8 heteroatoms. The van der Waals surface area contributed by atoms with Gasteiger partial charge in [-0.1, -0.05) is 12.1 Å². The summed E-state index contributed by atoms with van der Waals surface area (Å²) in [6, 6.07) is 6.85. The molecule has 0 saturated carbocycles. The minimum Gasteiger partial charge on any atom is -0.481 e. The third-order valence-corrected chi connectivity index (χ3v) is 6.98. The fourth-order valence-corrected chi connectivity index (χ4v) is 4.81. The number of amides is 1. The summed E-state index contributed by atoms with van der Waals surface area (Å²) in [4.78, 5) is 27.8. The first-order chi connectivity index (χ1) is 12.1. The molecule has 1 amide bonds. The van der Waals surface area contributed by atoms with Crippen LogP contribution in [-0.2, 0) is 26.0 Å². The molecule has 1 aromatic rings. The van der Waals surface area contributed by atoms with E-state index >= 15 is 0 Å². The van der Waals surface area contributed by atoms with Crippen LogP contribution in [-0.4, -0.2) is 67.1 Å². The molecule has 2 saturated heterocycles. The summed E-state index contributed by atoms with van der Waals surface area (Å²) in [5, 5.41) is 9.52. The first-order valence-electron chi connectivity index (χ1n) is 8.64. The van der Waals surface area contributed by atoms with Crippen molar-refractivity contribution < 1.29 is 23.1 Å². The SMILES string of the molecule is CN1C(=O)C[C@@H](C(=O)O)C12CCN(Cc1ccc(S(C)(=O)=O)cc1)CC2. The Kier molecular flexibility index (Phi) is 4.83. The lowest BCUT2D eigenvalue weighted by Crippen LogP contribution is -2.55. The van der Waals surface area contributed by atoms with Crippen molar-refractivity contribution in [2.75, 3.05) is 26.4 Å². The van der Waals surface area contributed by atoms with Crippen LogP contribution >= 0.6 is 0 Å². The number of nitrogens with zero attached hydrogens (tertiary/aromatic N) is 2. The number of benzene rings is 1. The van der Waals surface area contributed by atoms with E-state index in [0.29, 0.717) is 37.4 Å². The van der Waals surface area contributed by atoms with Crippen molar-refractivity contribution in [2.24, 2.45) is 5.92 Å². The van der Waals surface area contributed by atoms with Gasteiger partial charge in [0.05, 0.1) is 16.4 Å². The third kappa shape index (κ3) is 3.35. The van der Waals surface area contributed by atoms with E-state index in [1.165, 1.54) is 6.26 Å². The van der Waals surface area contributed by atoms with Crippen LogP contribution in [0.25, 0.3) is 0 Å². The molecule has 2 fully saturated rings. The van der Waals surface area contributed by atoms with Gasteiger partial charge in [-0.25, -0.2) is 8.42 Å². The van der Waals surface area contributed by atoms with Crippen LogP contribution in [0.4, 0.5) is 0 Å². The van der Waals surface area contributed by atoms with Gasteiger partial charge >= 0.3 is 5.97 Å². The zero-order chi connectivity index (χ0) is 19.1. The molecular formula is C18H24N2O5S. The minimum absolute atomic E-state index is 0.0821. The van der Waals surface area contributed by atoms with Crippen LogP contribution in [0.1, 0.15) is 24.8 Å². The van der Waals surface area contributed by atoms with Crippen molar-refractivity contribution >= 4 is 21.7 Å². The monoisotopic (exact) mass is 380 g/mol. The van der Waals surface area contributed by atoms with Crippen molar-refractivity contribution in [3.63, 3.8) is 0 Å². The Morgan fingerprint density at radius 1 is 1.23 bits per heavy atom. The molecular weight excluding hydrogens is 356 g/mol. The number of carboxylic acids is 1. The number of hydrogen-bond acceptors (Lipinski definition) is 5. The highest BCUT2D eigenvalue weighted by Gasteiger charge is 2.55. The first-order valence-corrected chi connectivity index (χ1v) is 10.5. The van der Waals surface area contributed by atoms with Crippen molar-refractivity contribution in [1.82, 2.24) is 9.80 Å². The highest BCUT2D eigenvalue weighted by Crippen LogP contribution is 2.43. The van der Waals surface area contributed by atoms with Gasteiger partial charge < -0.3 is 10.0 Å². The number of piperidine rings is 1. The Hall–Kier alpha value is -1.93. The Labute approximate surface area is 153 Å². The second-order valence-electron chi connectivity index (χ2n) is 7.34. The Bertz CT molecular complexity index is 810. The lowest BCUT2D eigenvalue weighted by molar-refractivity contribution is -0.146. The molecule has 3 rings (SSSR count). The Morgan fingerprint density at radius 3 is 2.31 bits per heavy atom. The summed E-state index contributed by atoms with van der Waals surface area (Å²) in [5.41, 5.74) is 0.429. The molecule has 1 spiro atoms. The molecule has 2 heterocycles. The Morgan fingerprint density at radius 2 is 1.81 bits per heavy atom. The van der Waals surface area contributed by atoms with Crippen LogP contribution in [0.5, 0.6) is 0 Å². The van der Waals surface area contributed by atoms with Gasteiger partial charge in [-0.05, 0) is 30.5 Å². The predicted molar refractivity (Wildman–Crippen MR) is 95.3 cm³/mol. The summed E-state index contributed by atoms with van der Waals surface area (Å²) in [7, 11) is -1.49.